The minimum absolute atomic E-state index is 0.344. The van der Waals surface area contributed by atoms with Crippen LogP contribution in [0.3, 0.4) is 0 Å². The van der Waals surface area contributed by atoms with E-state index >= 15 is 0 Å². The summed E-state index contributed by atoms with van der Waals surface area (Å²) in [6, 6.07) is 0. The van der Waals surface area contributed by atoms with Gasteiger partial charge in [0.1, 0.15) is 0 Å². The third kappa shape index (κ3) is 3.41. The Bertz CT molecular complexity index is 229. The normalized spacial score (nSPS) is 34.6. The van der Waals surface area contributed by atoms with Crippen LogP contribution in [-0.4, -0.2) is 65.1 Å². The van der Waals surface area contributed by atoms with Gasteiger partial charge in [-0.2, -0.15) is 0 Å². The van der Waals surface area contributed by atoms with Gasteiger partial charge in [-0.25, -0.2) is 0 Å². The summed E-state index contributed by atoms with van der Waals surface area (Å²) in [6.07, 6.45) is 2.48. The molecule has 0 radical (unpaired) electrons. The van der Waals surface area contributed by atoms with E-state index in [9.17, 15) is 0 Å². The molecular weight excluding hydrogens is 216 g/mol. The van der Waals surface area contributed by atoms with E-state index in [1.54, 1.807) is 7.11 Å². The lowest BCUT2D eigenvalue weighted by Gasteiger charge is -2.32. The molecule has 2 fully saturated rings. The smallest absolute Gasteiger partial charge is 0.0547 e. The van der Waals surface area contributed by atoms with E-state index in [0.717, 1.165) is 32.3 Å². The molecule has 0 amide bonds. The molecule has 2 heterocycles. The standard InChI is InChI=1S/C13H26N2O2/c1-14-9-13(4-6-17-11-13)10-15-5-3-12(7-15)8-16-2/h12,14H,3-11H2,1-2H3. The molecule has 0 saturated carbocycles. The highest BCUT2D eigenvalue weighted by Crippen LogP contribution is 2.31. The van der Waals surface area contributed by atoms with Crippen molar-refractivity contribution in [2.75, 3.05) is 60.2 Å². The summed E-state index contributed by atoms with van der Waals surface area (Å²) in [7, 11) is 3.84. The number of likely N-dealkylation sites (tertiary alicyclic amines) is 1. The monoisotopic (exact) mass is 242 g/mol. The van der Waals surface area contributed by atoms with Crippen LogP contribution in [0.4, 0.5) is 0 Å². The predicted octanol–water partition coefficient (Wildman–Crippen LogP) is 0.581. The van der Waals surface area contributed by atoms with Crippen LogP contribution in [0.25, 0.3) is 0 Å². The summed E-state index contributed by atoms with van der Waals surface area (Å²) in [5, 5.41) is 3.33. The van der Waals surface area contributed by atoms with Crippen molar-refractivity contribution < 1.29 is 9.47 Å². The zero-order valence-electron chi connectivity index (χ0n) is 11.2. The van der Waals surface area contributed by atoms with Crippen molar-refractivity contribution in [3.63, 3.8) is 0 Å². The van der Waals surface area contributed by atoms with Gasteiger partial charge in [0.2, 0.25) is 0 Å². The Labute approximate surface area is 105 Å². The molecule has 0 aromatic heterocycles. The summed E-state index contributed by atoms with van der Waals surface area (Å²) >= 11 is 0. The molecule has 2 aliphatic heterocycles. The third-order valence-electron chi connectivity index (χ3n) is 4.07. The quantitative estimate of drug-likeness (QED) is 0.739. The molecule has 4 nitrogen and oxygen atoms in total. The molecule has 0 spiro atoms. The number of methoxy groups -OCH3 is 1. The van der Waals surface area contributed by atoms with E-state index in [1.165, 1.54) is 32.5 Å². The molecule has 0 bridgehead atoms. The lowest BCUT2D eigenvalue weighted by Crippen LogP contribution is -2.43. The van der Waals surface area contributed by atoms with Gasteiger partial charge < -0.3 is 19.7 Å². The van der Waals surface area contributed by atoms with Crippen LogP contribution in [0.5, 0.6) is 0 Å². The van der Waals surface area contributed by atoms with Gasteiger partial charge in [-0.1, -0.05) is 0 Å². The Morgan fingerprint density at radius 1 is 1.53 bits per heavy atom. The van der Waals surface area contributed by atoms with Crippen molar-refractivity contribution in [2.45, 2.75) is 12.8 Å². The van der Waals surface area contributed by atoms with Crippen LogP contribution in [0.15, 0.2) is 0 Å². The number of hydrogen-bond donors (Lipinski definition) is 1. The molecule has 100 valence electrons. The maximum atomic E-state index is 5.61. The summed E-state index contributed by atoms with van der Waals surface area (Å²) in [4.78, 5) is 2.59. The van der Waals surface area contributed by atoms with E-state index in [-0.39, 0.29) is 0 Å². The van der Waals surface area contributed by atoms with Crippen LogP contribution in [-0.2, 0) is 9.47 Å². The van der Waals surface area contributed by atoms with Gasteiger partial charge in [0, 0.05) is 38.8 Å². The highest BCUT2D eigenvalue weighted by atomic mass is 16.5. The molecule has 0 aliphatic carbocycles. The van der Waals surface area contributed by atoms with E-state index in [0.29, 0.717) is 5.41 Å². The van der Waals surface area contributed by atoms with Crippen molar-refractivity contribution in [3.05, 3.63) is 0 Å². The molecule has 0 aromatic rings. The lowest BCUT2D eigenvalue weighted by atomic mass is 9.86. The SMILES string of the molecule is CNCC1(CN2CCC(COC)C2)CCOC1. The average Bonchev–Trinajstić information content (AvgIpc) is 2.91. The van der Waals surface area contributed by atoms with Gasteiger partial charge in [-0.05, 0) is 32.4 Å². The maximum Gasteiger partial charge on any atom is 0.0547 e. The zero-order valence-corrected chi connectivity index (χ0v) is 11.2. The first-order valence-corrected chi connectivity index (χ1v) is 6.72. The van der Waals surface area contributed by atoms with Crippen LogP contribution < -0.4 is 5.32 Å². The van der Waals surface area contributed by atoms with Gasteiger partial charge in [0.25, 0.3) is 0 Å². The fourth-order valence-electron chi connectivity index (χ4n) is 3.25. The van der Waals surface area contributed by atoms with Crippen LogP contribution in [0.1, 0.15) is 12.8 Å². The van der Waals surface area contributed by atoms with Crippen LogP contribution in [0.2, 0.25) is 0 Å². The fraction of sp³-hybridized carbons (Fsp3) is 1.00. The molecule has 2 unspecified atom stereocenters. The largest absolute Gasteiger partial charge is 0.384 e. The average molecular weight is 242 g/mol. The van der Waals surface area contributed by atoms with Gasteiger partial charge in [0.15, 0.2) is 0 Å². The van der Waals surface area contributed by atoms with Gasteiger partial charge >= 0.3 is 0 Å². The number of ether oxygens (including phenoxy) is 2. The summed E-state index contributed by atoms with van der Waals surface area (Å²) in [5.74, 6) is 0.731. The van der Waals surface area contributed by atoms with E-state index < -0.39 is 0 Å². The third-order valence-corrected chi connectivity index (χ3v) is 4.07. The summed E-state index contributed by atoms with van der Waals surface area (Å²) in [5.41, 5.74) is 0.344. The Kier molecular flexibility index (Phi) is 4.79. The molecule has 4 heteroatoms. The van der Waals surface area contributed by atoms with E-state index in [4.69, 9.17) is 9.47 Å². The number of nitrogens with zero attached hydrogens (tertiary/aromatic N) is 1. The van der Waals surface area contributed by atoms with Gasteiger partial charge in [0.05, 0.1) is 13.2 Å². The molecular formula is C13H26N2O2. The maximum absolute atomic E-state index is 5.61. The number of rotatable bonds is 6. The van der Waals surface area contributed by atoms with Crippen molar-refractivity contribution in [1.82, 2.24) is 10.2 Å². The molecule has 0 aromatic carbocycles. The second-order valence-electron chi connectivity index (χ2n) is 5.68. The Morgan fingerprint density at radius 3 is 3.06 bits per heavy atom. The van der Waals surface area contributed by atoms with Crippen LogP contribution in [0, 0.1) is 11.3 Å². The first-order valence-electron chi connectivity index (χ1n) is 6.72. The molecule has 17 heavy (non-hydrogen) atoms. The van der Waals surface area contributed by atoms with Crippen LogP contribution >= 0.6 is 0 Å². The molecule has 2 aliphatic rings. The van der Waals surface area contributed by atoms with Gasteiger partial charge in [-0.15, -0.1) is 0 Å². The Hall–Kier alpha value is -0.160. The van der Waals surface area contributed by atoms with E-state index in [1.807, 2.05) is 7.05 Å². The van der Waals surface area contributed by atoms with Crippen molar-refractivity contribution in [2.24, 2.45) is 11.3 Å². The molecule has 2 saturated heterocycles. The second kappa shape index (κ2) is 6.14. The minimum atomic E-state index is 0.344. The Morgan fingerprint density at radius 2 is 2.41 bits per heavy atom. The Balaban J connectivity index is 1.83. The van der Waals surface area contributed by atoms with Crippen molar-refractivity contribution >= 4 is 0 Å². The molecule has 2 atom stereocenters. The second-order valence-corrected chi connectivity index (χ2v) is 5.68. The summed E-state index contributed by atoms with van der Waals surface area (Å²) in [6.45, 7) is 7.41. The van der Waals surface area contributed by atoms with E-state index in [2.05, 4.69) is 10.2 Å². The van der Waals surface area contributed by atoms with Crippen molar-refractivity contribution in [3.8, 4) is 0 Å². The zero-order chi connectivity index (χ0) is 12.1. The topological polar surface area (TPSA) is 33.7 Å². The molecule has 1 N–H and O–H groups in total. The highest BCUT2D eigenvalue weighted by molar-refractivity contribution is 4.90. The molecule has 2 rings (SSSR count). The highest BCUT2D eigenvalue weighted by Gasteiger charge is 2.37. The number of hydrogen-bond acceptors (Lipinski definition) is 4. The minimum Gasteiger partial charge on any atom is -0.384 e. The first-order chi connectivity index (χ1) is 8.28. The predicted molar refractivity (Wildman–Crippen MR) is 68.2 cm³/mol. The first kappa shape index (κ1) is 13.3. The van der Waals surface area contributed by atoms with Gasteiger partial charge in [-0.3, -0.25) is 0 Å². The lowest BCUT2D eigenvalue weighted by molar-refractivity contribution is 0.112. The van der Waals surface area contributed by atoms with Crippen molar-refractivity contribution in [1.29, 1.82) is 0 Å². The summed E-state index contributed by atoms with van der Waals surface area (Å²) < 4.78 is 10.9. The number of nitrogens with one attached hydrogen (secondary N) is 1. The fourth-order valence-corrected chi connectivity index (χ4v) is 3.25.